The molecule has 2 aromatic rings. The third-order valence-electron chi connectivity index (χ3n) is 6.13. The lowest BCUT2D eigenvalue weighted by Crippen LogP contribution is -2.47. The molecule has 0 atom stereocenters. The second-order valence-corrected chi connectivity index (χ2v) is 9.28. The highest BCUT2D eigenvalue weighted by atomic mass is 16.5. The molecule has 1 saturated heterocycles. The number of nitrogens with one attached hydrogen (secondary N) is 2. The van der Waals surface area contributed by atoms with Crippen LogP contribution in [-0.2, 0) is 4.79 Å². The summed E-state index contributed by atoms with van der Waals surface area (Å²) in [6.07, 6.45) is 3.33. The fourth-order valence-electron chi connectivity index (χ4n) is 4.35. The van der Waals surface area contributed by atoms with Gasteiger partial charge in [0.1, 0.15) is 5.75 Å². The van der Waals surface area contributed by atoms with Gasteiger partial charge in [-0.3, -0.25) is 14.5 Å². The third-order valence-corrected chi connectivity index (χ3v) is 6.13. The van der Waals surface area contributed by atoms with Crippen LogP contribution in [-0.4, -0.2) is 61.5 Å². The van der Waals surface area contributed by atoms with E-state index in [1.54, 1.807) is 0 Å². The Hall–Kier alpha value is -2.70. The van der Waals surface area contributed by atoms with Gasteiger partial charge in [0, 0.05) is 49.3 Å². The number of carbonyl (C=O) groups excluding carboxylic acids is 2. The third kappa shape index (κ3) is 7.96. The largest absolute Gasteiger partial charge is 0.493 e. The maximum Gasteiger partial charge on any atom is 0.234 e. The minimum Gasteiger partial charge on any atom is -0.493 e. The smallest absolute Gasteiger partial charge is 0.234 e. The van der Waals surface area contributed by atoms with Gasteiger partial charge in [-0.05, 0) is 37.0 Å². The molecule has 1 aliphatic rings. The molecule has 0 aromatic heterocycles. The summed E-state index contributed by atoms with van der Waals surface area (Å²) < 4.78 is 6.08. The first kappa shape index (κ1) is 25.9. The predicted molar refractivity (Wildman–Crippen MR) is 137 cm³/mol. The first-order valence-corrected chi connectivity index (χ1v) is 12.6. The number of ketones is 1. The first-order valence-electron chi connectivity index (χ1n) is 12.6. The number of Topliss-reactive ketones (excluding diaryl/α,β-unsaturated/α-hetero) is 1. The van der Waals surface area contributed by atoms with Crippen molar-refractivity contribution in [1.82, 2.24) is 15.5 Å². The van der Waals surface area contributed by atoms with Gasteiger partial charge in [-0.25, -0.2) is 0 Å². The van der Waals surface area contributed by atoms with Gasteiger partial charge in [-0.15, -0.1) is 0 Å². The number of ether oxygens (including phenoxy) is 1. The molecule has 0 unspecified atom stereocenters. The van der Waals surface area contributed by atoms with Crippen molar-refractivity contribution in [2.75, 3.05) is 32.8 Å². The molecule has 184 valence electrons. The molecule has 1 fully saturated rings. The summed E-state index contributed by atoms with van der Waals surface area (Å²) in [6, 6.07) is 16.7. The fourth-order valence-corrected chi connectivity index (χ4v) is 4.35. The Bertz CT molecular complexity index is 922. The average molecular weight is 466 g/mol. The summed E-state index contributed by atoms with van der Waals surface area (Å²) in [5, 5.41) is 6.60. The molecular formula is C28H39N3O3. The van der Waals surface area contributed by atoms with E-state index in [0.29, 0.717) is 55.9 Å². The molecule has 1 heterocycles. The summed E-state index contributed by atoms with van der Waals surface area (Å²) in [6.45, 7) is 9.61. The second kappa shape index (κ2) is 13.3. The molecule has 34 heavy (non-hydrogen) atoms. The van der Waals surface area contributed by atoms with Crippen molar-refractivity contribution in [3.63, 3.8) is 0 Å². The highest BCUT2D eigenvalue weighted by Gasteiger charge is 2.21. The zero-order valence-corrected chi connectivity index (χ0v) is 20.8. The molecule has 0 radical (unpaired) electrons. The zero-order valence-electron chi connectivity index (χ0n) is 20.8. The highest BCUT2D eigenvalue weighted by molar-refractivity contribution is 5.97. The van der Waals surface area contributed by atoms with Gasteiger partial charge in [0.25, 0.3) is 0 Å². The summed E-state index contributed by atoms with van der Waals surface area (Å²) in [4.78, 5) is 26.8. The summed E-state index contributed by atoms with van der Waals surface area (Å²) in [5.74, 6) is 0.867. The SMILES string of the molecule is CCC(=O)c1ccc(-c2ccccc2)c(OCCCNC(=O)CN2CCC(NC(C)C)CC2)c1. The van der Waals surface area contributed by atoms with Gasteiger partial charge in [0.15, 0.2) is 5.78 Å². The molecule has 0 aliphatic carbocycles. The molecular weight excluding hydrogens is 426 g/mol. The van der Waals surface area contributed by atoms with E-state index in [-0.39, 0.29) is 11.7 Å². The van der Waals surface area contributed by atoms with Gasteiger partial charge in [-0.1, -0.05) is 57.2 Å². The lowest BCUT2D eigenvalue weighted by Gasteiger charge is -2.32. The maximum absolute atomic E-state index is 12.3. The molecule has 1 amide bonds. The minimum atomic E-state index is 0.0655. The van der Waals surface area contributed by atoms with Crippen LogP contribution in [0.2, 0.25) is 0 Å². The van der Waals surface area contributed by atoms with E-state index >= 15 is 0 Å². The number of carbonyl (C=O) groups is 2. The number of hydrogen-bond donors (Lipinski definition) is 2. The van der Waals surface area contributed by atoms with Crippen LogP contribution < -0.4 is 15.4 Å². The quantitative estimate of drug-likeness (QED) is 0.361. The van der Waals surface area contributed by atoms with Crippen LogP contribution in [0.25, 0.3) is 11.1 Å². The number of amides is 1. The van der Waals surface area contributed by atoms with Gasteiger partial charge >= 0.3 is 0 Å². The normalized spacial score (nSPS) is 14.8. The molecule has 6 nitrogen and oxygen atoms in total. The molecule has 0 bridgehead atoms. The van der Waals surface area contributed by atoms with Crippen molar-refractivity contribution in [2.24, 2.45) is 0 Å². The number of hydrogen-bond acceptors (Lipinski definition) is 5. The summed E-state index contributed by atoms with van der Waals surface area (Å²) in [5.41, 5.74) is 2.68. The molecule has 2 N–H and O–H groups in total. The molecule has 0 saturated carbocycles. The zero-order chi connectivity index (χ0) is 24.3. The van der Waals surface area contributed by atoms with E-state index in [4.69, 9.17) is 4.74 Å². The van der Waals surface area contributed by atoms with E-state index in [1.807, 2.05) is 55.5 Å². The summed E-state index contributed by atoms with van der Waals surface area (Å²) >= 11 is 0. The van der Waals surface area contributed by atoms with Crippen molar-refractivity contribution in [2.45, 2.75) is 58.5 Å². The van der Waals surface area contributed by atoms with Crippen LogP contribution in [0.1, 0.15) is 56.8 Å². The lowest BCUT2D eigenvalue weighted by molar-refractivity contribution is -0.122. The van der Waals surface area contributed by atoms with Crippen LogP contribution in [0.5, 0.6) is 5.75 Å². The Balaban J connectivity index is 1.44. The van der Waals surface area contributed by atoms with E-state index in [0.717, 1.165) is 37.1 Å². The van der Waals surface area contributed by atoms with Gasteiger partial charge < -0.3 is 15.4 Å². The number of piperidine rings is 1. The fraction of sp³-hybridized carbons (Fsp3) is 0.500. The number of nitrogens with zero attached hydrogens (tertiary/aromatic N) is 1. The van der Waals surface area contributed by atoms with Crippen molar-refractivity contribution in [3.8, 4) is 16.9 Å². The number of benzene rings is 2. The van der Waals surface area contributed by atoms with Crippen molar-refractivity contribution in [3.05, 3.63) is 54.1 Å². The Labute approximate surface area is 204 Å². The molecule has 1 aliphatic heterocycles. The topological polar surface area (TPSA) is 70.7 Å². The first-order chi connectivity index (χ1) is 16.5. The van der Waals surface area contributed by atoms with E-state index < -0.39 is 0 Å². The van der Waals surface area contributed by atoms with Crippen LogP contribution in [0.15, 0.2) is 48.5 Å². The standard InChI is InChI=1S/C28H39N3O3/c1-4-26(32)23-11-12-25(22-9-6-5-7-10-22)27(19-23)34-18-8-15-29-28(33)20-31-16-13-24(14-17-31)30-21(2)3/h5-7,9-12,19,21,24,30H,4,8,13-18,20H2,1-3H3,(H,29,33). The van der Waals surface area contributed by atoms with Crippen LogP contribution in [0, 0.1) is 0 Å². The predicted octanol–water partition coefficient (Wildman–Crippen LogP) is 4.29. The summed E-state index contributed by atoms with van der Waals surface area (Å²) in [7, 11) is 0. The highest BCUT2D eigenvalue weighted by Crippen LogP contribution is 2.31. The van der Waals surface area contributed by atoms with E-state index in [9.17, 15) is 9.59 Å². The van der Waals surface area contributed by atoms with Gasteiger partial charge in [0.2, 0.25) is 5.91 Å². The average Bonchev–Trinajstić information content (AvgIpc) is 2.84. The van der Waals surface area contributed by atoms with Crippen LogP contribution in [0.4, 0.5) is 0 Å². The lowest BCUT2D eigenvalue weighted by atomic mass is 10.0. The van der Waals surface area contributed by atoms with E-state index in [2.05, 4.69) is 29.4 Å². The molecule has 3 rings (SSSR count). The van der Waals surface area contributed by atoms with Crippen molar-refractivity contribution < 1.29 is 14.3 Å². The van der Waals surface area contributed by atoms with Gasteiger partial charge in [-0.2, -0.15) is 0 Å². The minimum absolute atomic E-state index is 0.0655. The van der Waals surface area contributed by atoms with Crippen LogP contribution >= 0.6 is 0 Å². The Morgan fingerprint density at radius 2 is 1.82 bits per heavy atom. The Morgan fingerprint density at radius 1 is 1.09 bits per heavy atom. The molecule has 0 spiro atoms. The molecule has 6 heteroatoms. The Kier molecular flexibility index (Phi) is 10.1. The second-order valence-electron chi connectivity index (χ2n) is 9.28. The van der Waals surface area contributed by atoms with Crippen LogP contribution in [0.3, 0.4) is 0 Å². The number of likely N-dealkylation sites (tertiary alicyclic amines) is 1. The Morgan fingerprint density at radius 3 is 2.50 bits per heavy atom. The van der Waals surface area contributed by atoms with Gasteiger partial charge in [0.05, 0.1) is 13.2 Å². The maximum atomic E-state index is 12.3. The van der Waals surface area contributed by atoms with Crippen molar-refractivity contribution >= 4 is 11.7 Å². The monoisotopic (exact) mass is 465 g/mol. The van der Waals surface area contributed by atoms with E-state index in [1.165, 1.54) is 0 Å². The molecule has 2 aromatic carbocycles. The number of rotatable bonds is 12. The van der Waals surface area contributed by atoms with Crippen molar-refractivity contribution in [1.29, 1.82) is 0 Å².